The van der Waals surface area contributed by atoms with Gasteiger partial charge in [0.15, 0.2) is 0 Å². The second kappa shape index (κ2) is 10.2. The monoisotopic (exact) mass is 477 g/mol. The first-order valence-corrected chi connectivity index (χ1v) is 12.6. The van der Waals surface area contributed by atoms with Crippen LogP contribution in [0.4, 0.5) is 11.5 Å². The van der Waals surface area contributed by atoms with Gasteiger partial charge in [0.25, 0.3) is 5.56 Å². The molecule has 0 radical (unpaired) electrons. The lowest BCUT2D eigenvalue weighted by Crippen LogP contribution is -2.47. The van der Waals surface area contributed by atoms with Gasteiger partial charge in [-0.15, -0.1) is 5.10 Å². The number of nitrogens with one attached hydrogen (secondary N) is 1. The largest absolute Gasteiger partial charge is 0.370 e. The zero-order chi connectivity index (χ0) is 24.4. The topological polar surface area (TPSA) is 97.0 Å². The Morgan fingerprint density at radius 2 is 2.03 bits per heavy atom. The van der Waals surface area contributed by atoms with E-state index in [-0.39, 0.29) is 11.7 Å². The van der Waals surface area contributed by atoms with Crippen molar-refractivity contribution in [2.45, 2.75) is 51.2 Å². The van der Waals surface area contributed by atoms with Gasteiger partial charge in [-0.05, 0) is 51.1 Å². The molecule has 186 valence electrons. The first-order valence-electron chi connectivity index (χ1n) is 12.6. The lowest BCUT2D eigenvalue weighted by atomic mass is 9.85. The number of rotatable bonds is 8. The normalized spacial score (nSPS) is 19.4. The van der Waals surface area contributed by atoms with Crippen LogP contribution in [0, 0.1) is 5.92 Å². The van der Waals surface area contributed by atoms with Gasteiger partial charge < -0.3 is 15.1 Å². The Balaban J connectivity index is 1.27. The molecule has 1 saturated heterocycles. The number of pyridine rings is 1. The molecule has 0 bridgehead atoms. The van der Waals surface area contributed by atoms with Crippen molar-refractivity contribution in [1.29, 1.82) is 0 Å². The van der Waals surface area contributed by atoms with E-state index in [1.807, 2.05) is 38.2 Å². The Labute approximate surface area is 206 Å². The molecule has 3 aromatic rings. The Hall–Kier alpha value is -3.27. The van der Waals surface area contributed by atoms with Crippen LogP contribution < -0.4 is 20.7 Å². The first-order chi connectivity index (χ1) is 17.0. The minimum Gasteiger partial charge on any atom is -0.370 e. The number of nitrogens with zero attached hydrogens (tertiary/aromatic N) is 8. The van der Waals surface area contributed by atoms with Gasteiger partial charge in [0.05, 0.1) is 18.6 Å². The highest BCUT2D eigenvalue weighted by molar-refractivity contribution is 5.54. The summed E-state index contributed by atoms with van der Waals surface area (Å²) < 4.78 is 3.36. The van der Waals surface area contributed by atoms with Crippen LogP contribution in [0.5, 0.6) is 0 Å². The van der Waals surface area contributed by atoms with Crippen molar-refractivity contribution >= 4 is 11.5 Å². The second-order valence-corrected chi connectivity index (χ2v) is 9.99. The summed E-state index contributed by atoms with van der Waals surface area (Å²) in [5, 5.41) is 12.3. The van der Waals surface area contributed by atoms with Crippen molar-refractivity contribution < 1.29 is 0 Å². The molecule has 1 saturated carbocycles. The molecule has 0 aromatic carbocycles. The third-order valence-electron chi connectivity index (χ3n) is 7.28. The van der Waals surface area contributed by atoms with Gasteiger partial charge in [-0.2, -0.15) is 0 Å². The summed E-state index contributed by atoms with van der Waals surface area (Å²) in [4.78, 5) is 26.1. The van der Waals surface area contributed by atoms with E-state index in [0.29, 0.717) is 17.4 Å². The number of hydrogen-bond acceptors (Lipinski definition) is 8. The van der Waals surface area contributed by atoms with E-state index in [9.17, 15) is 4.79 Å². The average molecular weight is 478 g/mol. The predicted molar refractivity (Wildman–Crippen MR) is 137 cm³/mol. The molecule has 2 atom stereocenters. The summed E-state index contributed by atoms with van der Waals surface area (Å²) in [7, 11) is 3.83. The molecule has 2 aliphatic rings. The fraction of sp³-hybridized carbons (Fsp3) is 0.560. The Morgan fingerprint density at radius 1 is 1.17 bits per heavy atom. The minimum atomic E-state index is -0.318. The van der Waals surface area contributed by atoms with Crippen LogP contribution in [-0.4, -0.2) is 69.3 Å². The van der Waals surface area contributed by atoms with Gasteiger partial charge >= 0.3 is 0 Å². The third-order valence-corrected chi connectivity index (χ3v) is 7.28. The van der Waals surface area contributed by atoms with Crippen LogP contribution in [0.1, 0.15) is 45.2 Å². The molecule has 10 nitrogen and oxygen atoms in total. The van der Waals surface area contributed by atoms with Crippen molar-refractivity contribution in [3.63, 3.8) is 0 Å². The number of aromatic nitrogens is 6. The molecule has 1 aliphatic heterocycles. The average Bonchev–Trinajstić information content (AvgIpc) is 3.33. The van der Waals surface area contributed by atoms with E-state index >= 15 is 0 Å². The van der Waals surface area contributed by atoms with E-state index in [2.05, 4.69) is 30.5 Å². The van der Waals surface area contributed by atoms with Crippen molar-refractivity contribution in [2.24, 2.45) is 5.92 Å². The Morgan fingerprint density at radius 3 is 2.77 bits per heavy atom. The highest BCUT2D eigenvalue weighted by atomic mass is 16.1. The van der Waals surface area contributed by atoms with E-state index in [4.69, 9.17) is 0 Å². The number of piperidine rings is 1. The lowest BCUT2D eigenvalue weighted by Gasteiger charge is -2.36. The van der Waals surface area contributed by atoms with Gasteiger partial charge in [-0.25, -0.2) is 9.67 Å². The second-order valence-electron chi connectivity index (χ2n) is 9.99. The minimum absolute atomic E-state index is 0.0500. The number of hydrogen-bond donors (Lipinski definition) is 1. The molecule has 4 heterocycles. The van der Waals surface area contributed by atoms with Crippen LogP contribution >= 0.6 is 0 Å². The standard InChI is InChI=1S/C25H35N9O/c1-18(34-17-23(29-30-34)22-14-26-15-24(28-22)31(2)3)33-11-9-21(12-25(33)35)32-10-5-8-20(16-32)27-13-19-6-4-7-19/h9,11-12,14-15,17-20,27H,4-8,10,13,16H2,1-3H3/t18?,20-/m1/s1. The maximum Gasteiger partial charge on any atom is 0.254 e. The molecule has 1 unspecified atom stereocenters. The highest BCUT2D eigenvalue weighted by Crippen LogP contribution is 2.26. The summed E-state index contributed by atoms with van der Waals surface area (Å²) in [5.41, 5.74) is 2.20. The van der Waals surface area contributed by atoms with E-state index in [1.165, 1.54) is 25.7 Å². The Kier molecular flexibility index (Phi) is 6.81. The molecule has 3 aromatic heterocycles. The molecule has 2 fully saturated rings. The van der Waals surface area contributed by atoms with Crippen molar-refractivity contribution in [1.82, 2.24) is 34.8 Å². The van der Waals surface area contributed by atoms with Gasteiger partial charge in [0.2, 0.25) is 0 Å². The molecule has 5 rings (SSSR count). The van der Waals surface area contributed by atoms with Crippen molar-refractivity contribution in [2.75, 3.05) is 43.5 Å². The lowest BCUT2D eigenvalue weighted by molar-refractivity contribution is 0.280. The third kappa shape index (κ3) is 5.22. The predicted octanol–water partition coefficient (Wildman–Crippen LogP) is 2.39. The van der Waals surface area contributed by atoms with Crippen LogP contribution in [0.3, 0.4) is 0 Å². The quantitative estimate of drug-likeness (QED) is 0.528. The maximum absolute atomic E-state index is 13.1. The van der Waals surface area contributed by atoms with Gasteiger partial charge in [-0.1, -0.05) is 11.6 Å². The van der Waals surface area contributed by atoms with Gasteiger partial charge in [0, 0.05) is 51.2 Å². The fourth-order valence-electron chi connectivity index (χ4n) is 4.79. The smallest absolute Gasteiger partial charge is 0.254 e. The number of anilines is 2. The van der Waals surface area contributed by atoms with Gasteiger partial charge in [-0.3, -0.25) is 14.3 Å². The summed E-state index contributed by atoms with van der Waals surface area (Å²) >= 11 is 0. The van der Waals surface area contributed by atoms with E-state index in [1.54, 1.807) is 33.9 Å². The highest BCUT2D eigenvalue weighted by Gasteiger charge is 2.23. The molecular weight excluding hydrogens is 442 g/mol. The SMILES string of the molecule is CC(n1cc(-c2cncc(N(C)C)n2)nn1)n1ccc(N2CCC[C@@H](NCC3CCC3)C2)cc1=O. The van der Waals surface area contributed by atoms with Crippen LogP contribution in [0.2, 0.25) is 0 Å². The van der Waals surface area contributed by atoms with Crippen LogP contribution in [0.15, 0.2) is 41.7 Å². The maximum atomic E-state index is 13.1. The molecule has 1 aliphatic carbocycles. The molecular formula is C25H35N9O. The van der Waals surface area contributed by atoms with E-state index < -0.39 is 0 Å². The summed E-state index contributed by atoms with van der Waals surface area (Å²) in [6, 6.07) is 4.28. The van der Waals surface area contributed by atoms with E-state index in [0.717, 1.165) is 43.5 Å². The molecule has 10 heteroatoms. The fourth-order valence-corrected chi connectivity index (χ4v) is 4.79. The summed E-state index contributed by atoms with van der Waals surface area (Å²) in [6.07, 6.45) is 13.2. The molecule has 0 amide bonds. The Bertz CT molecular complexity index is 1200. The first kappa shape index (κ1) is 23.5. The zero-order valence-corrected chi connectivity index (χ0v) is 20.8. The molecule has 1 N–H and O–H groups in total. The van der Waals surface area contributed by atoms with Crippen molar-refractivity contribution in [3.05, 3.63) is 47.3 Å². The summed E-state index contributed by atoms with van der Waals surface area (Å²) in [6.45, 7) is 5.00. The summed E-state index contributed by atoms with van der Waals surface area (Å²) in [5.74, 6) is 1.60. The van der Waals surface area contributed by atoms with Crippen LogP contribution in [-0.2, 0) is 0 Å². The zero-order valence-electron chi connectivity index (χ0n) is 20.8. The van der Waals surface area contributed by atoms with Crippen molar-refractivity contribution in [3.8, 4) is 11.4 Å². The van der Waals surface area contributed by atoms with Crippen LogP contribution in [0.25, 0.3) is 11.4 Å². The molecule has 0 spiro atoms. The van der Waals surface area contributed by atoms with Gasteiger partial charge in [0.1, 0.15) is 23.4 Å². The molecule has 35 heavy (non-hydrogen) atoms.